The maximum atomic E-state index is 5.39. The third-order valence-corrected chi connectivity index (χ3v) is 2.75. The molecular weight excluding hydrogens is 268 g/mol. The van der Waals surface area contributed by atoms with Crippen LogP contribution in [-0.4, -0.2) is 12.0 Å². The molecule has 3 nitrogen and oxygen atoms in total. The van der Waals surface area contributed by atoms with Crippen molar-refractivity contribution in [1.82, 2.24) is 10.3 Å². The molecule has 1 N–H and O–H groups in total. The van der Waals surface area contributed by atoms with Gasteiger partial charge in [0.2, 0.25) is 0 Å². The highest BCUT2D eigenvalue weighted by atomic mass is 79.9. The Balaban J connectivity index is 2.05. The Kier molecular flexibility index (Phi) is 3.74. The van der Waals surface area contributed by atoms with E-state index in [1.54, 1.807) is 6.26 Å². The van der Waals surface area contributed by atoms with Crippen LogP contribution in [0.25, 0.3) is 0 Å². The molecule has 1 heterocycles. The molecule has 0 radical (unpaired) electrons. The lowest BCUT2D eigenvalue weighted by Crippen LogP contribution is -2.05. The fourth-order valence-electron chi connectivity index (χ4n) is 1.47. The molecule has 2 rings (SSSR count). The minimum atomic E-state index is 0.733. The van der Waals surface area contributed by atoms with Crippen molar-refractivity contribution in [3.8, 4) is 0 Å². The molecule has 0 saturated heterocycles. The minimum absolute atomic E-state index is 0.733. The summed E-state index contributed by atoms with van der Waals surface area (Å²) in [6.07, 6.45) is 2.43. The lowest BCUT2D eigenvalue weighted by Gasteiger charge is -1.97. The van der Waals surface area contributed by atoms with Gasteiger partial charge in [-0.05, 0) is 24.7 Å². The van der Waals surface area contributed by atoms with Crippen molar-refractivity contribution in [1.29, 1.82) is 0 Å². The van der Waals surface area contributed by atoms with Gasteiger partial charge in [-0.3, -0.25) is 0 Å². The first-order chi connectivity index (χ1) is 7.78. The Labute approximate surface area is 103 Å². The number of oxazole rings is 1. The van der Waals surface area contributed by atoms with Gasteiger partial charge in [-0.25, -0.2) is 4.98 Å². The maximum absolute atomic E-state index is 5.39. The molecule has 0 saturated carbocycles. The lowest BCUT2D eigenvalue weighted by atomic mass is 10.1. The van der Waals surface area contributed by atoms with Crippen molar-refractivity contribution < 1.29 is 4.42 Å². The van der Waals surface area contributed by atoms with Crippen molar-refractivity contribution in [2.45, 2.75) is 13.0 Å². The molecule has 0 aliphatic rings. The maximum Gasteiger partial charge on any atom is 0.198 e. The van der Waals surface area contributed by atoms with E-state index < -0.39 is 0 Å². The van der Waals surface area contributed by atoms with Gasteiger partial charge in [0.15, 0.2) is 5.89 Å². The third kappa shape index (κ3) is 2.93. The number of hydrogen-bond acceptors (Lipinski definition) is 3. The van der Waals surface area contributed by atoms with Crippen LogP contribution in [0.5, 0.6) is 0 Å². The zero-order valence-corrected chi connectivity index (χ0v) is 10.6. The molecule has 2 aromatic rings. The molecule has 0 unspecified atom stereocenters. The molecule has 16 heavy (non-hydrogen) atoms. The zero-order valence-electron chi connectivity index (χ0n) is 9.03. The van der Waals surface area contributed by atoms with Crippen LogP contribution in [0.3, 0.4) is 0 Å². The average molecular weight is 281 g/mol. The van der Waals surface area contributed by atoms with Gasteiger partial charge in [0.25, 0.3) is 0 Å². The predicted molar refractivity (Wildman–Crippen MR) is 66.2 cm³/mol. The average Bonchev–Trinajstić information content (AvgIpc) is 2.70. The molecule has 0 bridgehead atoms. The van der Waals surface area contributed by atoms with Crippen molar-refractivity contribution in [2.24, 2.45) is 0 Å². The van der Waals surface area contributed by atoms with Gasteiger partial charge in [-0.2, -0.15) is 0 Å². The quantitative estimate of drug-likeness (QED) is 0.936. The summed E-state index contributed by atoms with van der Waals surface area (Å²) in [5, 5.41) is 3.04. The number of halogens is 1. The van der Waals surface area contributed by atoms with E-state index in [9.17, 15) is 0 Å². The van der Waals surface area contributed by atoms with E-state index in [-0.39, 0.29) is 0 Å². The predicted octanol–water partition coefficient (Wildman–Crippen LogP) is 2.75. The number of rotatable bonds is 4. The van der Waals surface area contributed by atoms with Crippen molar-refractivity contribution in [2.75, 3.05) is 7.05 Å². The molecular formula is C12H13BrN2O. The second-order valence-electron chi connectivity index (χ2n) is 3.57. The number of nitrogens with one attached hydrogen (secondary N) is 1. The topological polar surface area (TPSA) is 38.1 Å². The lowest BCUT2D eigenvalue weighted by molar-refractivity contribution is 0.506. The van der Waals surface area contributed by atoms with E-state index in [0.29, 0.717) is 0 Å². The summed E-state index contributed by atoms with van der Waals surface area (Å²) in [4.78, 5) is 4.38. The van der Waals surface area contributed by atoms with Crippen molar-refractivity contribution in [3.63, 3.8) is 0 Å². The van der Waals surface area contributed by atoms with Crippen molar-refractivity contribution >= 4 is 15.9 Å². The molecule has 1 aromatic carbocycles. The van der Waals surface area contributed by atoms with Gasteiger partial charge in [0.05, 0.1) is 5.69 Å². The van der Waals surface area contributed by atoms with Crippen LogP contribution in [0.1, 0.15) is 17.1 Å². The summed E-state index contributed by atoms with van der Waals surface area (Å²) in [5.74, 6) is 0.757. The summed E-state index contributed by atoms with van der Waals surface area (Å²) >= 11 is 3.41. The van der Waals surface area contributed by atoms with Gasteiger partial charge in [-0.15, -0.1) is 0 Å². The first-order valence-electron chi connectivity index (χ1n) is 5.10. The van der Waals surface area contributed by atoms with E-state index in [4.69, 9.17) is 4.42 Å². The number of benzene rings is 1. The highest BCUT2D eigenvalue weighted by molar-refractivity contribution is 9.10. The number of nitrogens with zero attached hydrogens (tertiary/aromatic N) is 1. The SMILES string of the molecule is CNCc1coc(Cc2ccc(Br)cc2)n1. The molecule has 4 heteroatoms. The monoisotopic (exact) mass is 280 g/mol. The Hall–Kier alpha value is -1.13. The first kappa shape index (κ1) is 11.4. The summed E-state index contributed by atoms with van der Waals surface area (Å²) < 4.78 is 6.47. The van der Waals surface area contributed by atoms with E-state index in [2.05, 4.69) is 38.4 Å². The molecule has 84 valence electrons. The molecule has 0 aliphatic carbocycles. The van der Waals surface area contributed by atoms with Gasteiger partial charge in [-0.1, -0.05) is 28.1 Å². The van der Waals surface area contributed by atoms with Gasteiger partial charge >= 0.3 is 0 Å². The van der Waals surface area contributed by atoms with Crippen LogP contribution in [0, 0.1) is 0 Å². The highest BCUT2D eigenvalue weighted by Crippen LogP contribution is 2.14. The summed E-state index contributed by atoms with van der Waals surface area (Å²) in [5.41, 5.74) is 2.13. The van der Waals surface area contributed by atoms with E-state index >= 15 is 0 Å². The fraction of sp³-hybridized carbons (Fsp3) is 0.250. The van der Waals surface area contributed by atoms with Crippen LogP contribution in [0.2, 0.25) is 0 Å². The normalized spacial score (nSPS) is 10.6. The van der Waals surface area contributed by atoms with Gasteiger partial charge in [0, 0.05) is 17.4 Å². The molecule has 0 spiro atoms. The van der Waals surface area contributed by atoms with Gasteiger partial charge in [0.1, 0.15) is 6.26 Å². The standard InChI is InChI=1S/C12H13BrN2O/c1-14-7-11-8-16-12(15-11)6-9-2-4-10(13)5-3-9/h2-5,8,14H,6-7H2,1H3. The zero-order chi connectivity index (χ0) is 11.4. The van der Waals surface area contributed by atoms with Crippen LogP contribution < -0.4 is 5.32 Å². The second kappa shape index (κ2) is 5.27. The molecule has 0 atom stereocenters. The van der Waals surface area contributed by atoms with Crippen LogP contribution in [0.4, 0.5) is 0 Å². The van der Waals surface area contributed by atoms with Crippen LogP contribution >= 0.6 is 15.9 Å². The molecule has 0 aliphatic heterocycles. The fourth-order valence-corrected chi connectivity index (χ4v) is 1.73. The number of aromatic nitrogens is 1. The summed E-state index contributed by atoms with van der Waals surface area (Å²) in [6, 6.07) is 8.16. The minimum Gasteiger partial charge on any atom is -0.448 e. The van der Waals surface area contributed by atoms with E-state index in [0.717, 1.165) is 29.0 Å². The third-order valence-electron chi connectivity index (χ3n) is 2.23. The molecule has 1 aromatic heterocycles. The Morgan fingerprint density at radius 1 is 1.31 bits per heavy atom. The smallest absolute Gasteiger partial charge is 0.198 e. The van der Waals surface area contributed by atoms with E-state index in [1.807, 2.05) is 19.2 Å². The van der Waals surface area contributed by atoms with Crippen LogP contribution in [0.15, 0.2) is 39.4 Å². The second-order valence-corrected chi connectivity index (χ2v) is 4.48. The molecule has 0 amide bonds. The first-order valence-corrected chi connectivity index (χ1v) is 5.89. The Bertz CT molecular complexity index is 450. The van der Waals surface area contributed by atoms with E-state index in [1.165, 1.54) is 5.56 Å². The highest BCUT2D eigenvalue weighted by Gasteiger charge is 2.04. The Morgan fingerprint density at radius 2 is 2.06 bits per heavy atom. The largest absolute Gasteiger partial charge is 0.448 e. The van der Waals surface area contributed by atoms with Gasteiger partial charge < -0.3 is 9.73 Å². The summed E-state index contributed by atoms with van der Waals surface area (Å²) in [7, 11) is 1.89. The van der Waals surface area contributed by atoms with Crippen LogP contribution in [-0.2, 0) is 13.0 Å². The molecule has 0 fully saturated rings. The van der Waals surface area contributed by atoms with Crippen molar-refractivity contribution in [3.05, 3.63) is 52.1 Å². The number of hydrogen-bond donors (Lipinski definition) is 1. The Morgan fingerprint density at radius 3 is 2.75 bits per heavy atom. The summed E-state index contributed by atoms with van der Waals surface area (Å²) in [6.45, 7) is 0.740.